The standard InChI is InChI=1S/C10H16FN3O/c1-7-8(11)9(14-6-13-7)12-5-10(2,3)15-4/h6H,5H2,1-4H3,(H,12,13,14). The Morgan fingerprint density at radius 1 is 1.47 bits per heavy atom. The van der Waals surface area contributed by atoms with Crippen molar-refractivity contribution in [2.24, 2.45) is 0 Å². The maximum Gasteiger partial charge on any atom is 0.186 e. The Morgan fingerprint density at radius 3 is 2.73 bits per heavy atom. The summed E-state index contributed by atoms with van der Waals surface area (Å²) in [5, 5.41) is 2.89. The molecule has 0 bridgehead atoms. The van der Waals surface area contributed by atoms with Gasteiger partial charge >= 0.3 is 0 Å². The van der Waals surface area contributed by atoms with E-state index in [1.165, 1.54) is 6.33 Å². The molecule has 0 saturated carbocycles. The summed E-state index contributed by atoms with van der Waals surface area (Å²) in [5.41, 5.74) is -0.0200. The lowest BCUT2D eigenvalue weighted by atomic mass is 10.1. The molecule has 0 radical (unpaired) electrons. The Kier molecular flexibility index (Phi) is 3.57. The third-order valence-electron chi connectivity index (χ3n) is 2.20. The van der Waals surface area contributed by atoms with E-state index in [9.17, 15) is 4.39 Å². The Labute approximate surface area is 88.9 Å². The van der Waals surface area contributed by atoms with E-state index in [0.717, 1.165) is 0 Å². The number of hydrogen-bond donors (Lipinski definition) is 1. The zero-order valence-corrected chi connectivity index (χ0v) is 9.47. The number of nitrogens with one attached hydrogen (secondary N) is 1. The van der Waals surface area contributed by atoms with Crippen LogP contribution in [0.2, 0.25) is 0 Å². The maximum atomic E-state index is 13.5. The first kappa shape index (κ1) is 11.8. The highest BCUT2D eigenvalue weighted by atomic mass is 19.1. The van der Waals surface area contributed by atoms with Crippen molar-refractivity contribution in [2.45, 2.75) is 26.4 Å². The van der Waals surface area contributed by atoms with Gasteiger partial charge in [0.25, 0.3) is 0 Å². The van der Waals surface area contributed by atoms with Crippen LogP contribution in [0.15, 0.2) is 6.33 Å². The quantitative estimate of drug-likeness (QED) is 0.827. The molecular weight excluding hydrogens is 197 g/mol. The van der Waals surface area contributed by atoms with Gasteiger partial charge in [0.15, 0.2) is 11.6 Å². The highest BCUT2D eigenvalue weighted by molar-refractivity contribution is 5.37. The van der Waals surface area contributed by atoms with Gasteiger partial charge in [-0.25, -0.2) is 14.4 Å². The fourth-order valence-corrected chi connectivity index (χ4v) is 0.950. The van der Waals surface area contributed by atoms with E-state index in [2.05, 4.69) is 15.3 Å². The van der Waals surface area contributed by atoms with Crippen LogP contribution in [-0.2, 0) is 4.74 Å². The number of methoxy groups -OCH3 is 1. The van der Waals surface area contributed by atoms with Gasteiger partial charge in [-0.15, -0.1) is 0 Å². The lowest BCUT2D eigenvalue weighted by molar-refractivity contribution is 0.0342. The molecule has 4 nitrogen and oxygen atoms in total. The van der Waals surface area contributed by atoms with E-state index in [1.54, 1.807) is 14.0 Å². The molecule has 0 aliphatic heterocycles. The first-order chi connectivity index (χ1) is 6.96. The summed E-state index contributed by atoms with van der Waals surface area (Å²) in [6, 6.07) is 0. The molecule has 0 aliphatic rings. The second-order valence-electron chi connectivity index (χ2n) is 3.94. The Hall–Kier alpha value is -1.23. The van der Waals surface area contributed by atoms with Crippen LogP contribution in [0.3, 0.4) is 0 Å². The van der Waals surface area contributed by atoms with Crippen LogP contribution in [0.4, 0.5) is 10.2 Å². The van der Waals surface area contributed by atoms with Gasteiger partial charge in [0.1, 0.15) is 6.33 Å². The van der Waals surface area contributed by atoms with Crippen molar-refractivity contribution in [3.05, 3.63) is 17.8 Å². The summed E-state index contributed by atoms with van der Waals surface area (Å²) < 4.78 is 18.7. The van der Waals surface area contributed by atoms with Crippen LogP contribution in [0.5, 0.6) is 0 Å². The smallest absolute Gasteiger partial charge is 0.186 e. The van der Waals surface area contributed by atoms with Crippen molar-refractivity contribution in [3.63, 3.8) is 0 Å². The molecule has 0 amide bonds. The predicted octanol–water partition coefficient (Wildman–Crippen LogP) is 1.76. The van der Waals surface area contributed by atoms with Crippen molar-refractivity contribution in [2.75, 3.05) is 19.0 Å². The normalized spacial score (nSPS) is 11.5. The highest BCUT2D eigenvalue weighted by Crippen LogP contribution is 2.14. The summed E-state index contributed by atoms with van der Waals surface area (Å²) in [6.45, 7) is 5.90. The van der Waals surface area contributed by atoms with Gasteiger partial charge in [0.05, 0.1) is 11.3 Å². The van der Waals surface area contributed by atoms with Crippen molar-refractivity contribution >= 4 is 5.82 Å². The van der Waals surface area contributed by atoms with Crippen molar-refractivity contribution in [1.82, 2.24) is 9.97 Å². The minimum absolute atomic E-state index is 0.215. The summed E-state index contributed by atoms with van der Waals surface area (Å²) >= 11 is 0. The molecule has 1 aromatic rings. The van der Waals surface area contributed by atoms with Crippen LogP contribution >= 0.6 is 0 Å². The zero-order valence-electron chi connectivity index (χ0n) is 9.47. The SMILES string of the molecule is COC(C)(C)CNc1ncnc(C)c1F. The fraction of sp³-hybridized carbons (Fsp3) is 0.600. The lowest BCUT2D eigenvalue weighted by Gasteiger charge is -2.23. The number of ether oxygens (including phenoxy) is 1. The Bertz CT molecular complexity index is 341. The minimum atomic E-state index is -0.413. The molecule has 1 rings (SSSR count). The molecule has 0 fully saturated rings. The molecule has 1 aromatic heterocycles. The Morgan fingerprint density at radius 2 is 2.13 bits per heavy atom. The van der Waals surface area contributed by atoms with E-state index in [4.69, 9.17) is 4.74 Å². The van der Waals surface area contributed by atoms with Gasteiger partial charge < -0.3 is 10.1 Å². The second kappa shape index (κ2) is 4.53. The summed E-state index contributed by atoms with van der Waals surface area (Å²) in [7, 11) is 1.61. The predicted molar refractivity (Wildman–Crippen MR) is 56.3 cm³/mol. The number of rotatable bonds is 4. The molecule has 0 spiro atoms. The van der Waals surface area contributed by atoms with E-state index in [-0.39, 0.29) is 11.4 Å². The average Bonchev–Trinajstić information content (AvgIpc) is 2.20. The van der Waals surface area contributed by atoms with Gasteiger partial charge in [-0.1, -0.05) is 0 Å². The van der Waals surface area contributed by atoms with Gasteiger partial charge in [0, 0.05) is 13.7 Å². The maximum absolute atomic E-state index is 13.5. The first-order valence-electron chi connectivity index (χ1n) is 4.72. The average molecular weight is 213 g/mol. The lowest BCUT2D eigenvalue weighted by Crippen LogP contribution is -2.32. The van der Waals surface area contributed by atoms with E-state index >= 15 is 0 Å². The van der Waals surface area contributed by atoms with Crippen LogP contribution in [-0.4, -0.2) is 29.2 Å². The summed E-state index contributed by atoms with van der Waals surface area (Å²) in [5.74, 6) is -0.197. The van der Waals surface area contributed by atoms with Gasteiger partial charge in [-0.3, -0.25) is 0 Å². The number of anilines is 1. The number of aryl methyl sites for hydroxylation is 1. The van der Waals surface area contributed by atoms with Crippen LogP contribution in [0, 0.1) is 12.7 Å². The number of halogens is 1. The number of hydrogen-bond acceptors (Lipinski definition) is 4. The van der Waals surface area contributed by atoms with Crippen molar-refractivity contribution in [1.29, 1.82) is 0 Å². The number of nitrogens with zero attached hydrogens (tertiary/aromatic N) is 2. The largest absolute Gasteiger partial charge is 0.377 e. The zero-order chi connectivity index (χ0) is 11.5. The molecule has 0 saturated heterocycles. The third-order valence-corrected chi connectivity index (χ3v) is 2.20. The molecule has 84 valence electrons. The molecule has 15 heavy (non-hydrogen) atoms. The molecule has 0 aromatic carbocycles. The molecule has 0 aliphatic carbocycles. The van der Waals surface area contributed by atoms with Gasteiger partial charge in [-0.2, -0.15) is 0 Å². The summed E-state index contributed by atoms with van der Waals surface area (Å²) in [4.78, 5) is 7.57. The van der Waals surface area contributed by atoms with Crippen molar-refractivity contribution < 1.29 is 9.13 Å². The van der Waals surface area contributed by atoms with E-state index < -0.39 is 5.82 Å². The molecule has 5 heteroatoms. The van der Waals surface area contributed by atoms with Crippen LogP contribution in [0.1, 0.15) is 19.5 Å². The second-order valence-corrected chi connectivity index (χ2v) is 3.94. The van der Waals surface area contributed by atoms with Gasteiger partial charge in [0.2, 0.25) is 0 Å². The number of aromatic nitrogens is 2. The highest BCUT2D eigenvalue weighted by Gasteiger charge is 2.17. The molecule has 0 atom stereocenters. The minimum Gasteiger partial charge on any atom is -0.377 e. The molecule has 1 heterocycles. The molecular formula is C10H16FN3O. The Balaban J connectivity index is 2.70. The van der Waals surface area contributed by atoms with Crippen molar-refractivity contribution in [3.8, 4) is 0 Å². The first-order valence-corrected chi connectivity index (χ1v) is 4.72. The topological polar surface area (TPSA) is 47.0 Å². The molecule has 0 unspecified atom stereocenters. The summed E-state index contributed by atoms with van der Waals surface area (Å²) in [6.07, 6.45) is 1.33. The van der Waals surface area contributed by atoms with Gasteiger partial charge in [-0.05, 0) is 20.8 Å². The fourth-order valence-electron chi connectivity index (χ4n) is 0.950. The third kappa shape index (κ3) is 3.13. The van der Waals surface area contributed by atoms with Crippen LogP contribution < -0.4 is 5.32 Å². The van der Waals surface area contributed by atoms with Crippen LogP contribution in [0.25, 0.3) is 0 Å². The van der Waals surface area contributed by atoms with E-state index in [1.807, 2.05) is 13.8 Å². The molecule has 1 N–H and O–H groups in total. The monoisotopic (exact) mass is 213 g/mol. The van der Waals surface area contributed by atoms with E-state index in [0.29, 0.717) is 12.2 Å².